The van der Waals surface area contributed by atoms with E-state index >= 15 is 0 Å². The van der Waals surface area contributed by atoms with Gasteiger partial charge in [-0.1, -0.05) is 19.4 Å². The van der Waals surface area contributed by atoms with E-state index in [-0.39, 0.29) is 17.0 Å². The Bertz CT molecular complexity index is 762. The van der Waals surface area contributed by atoms with Crippen LogP contribution in [-0.2, 0) is 14.3 Å². The van der Waals surface area contributed by atoms with Crippen LogP contribution < -0.4 is 0 Å². The largest absolute Gasteiger partial charge is 0.458 e. The van der Waals surface area contributed by atoms with E-state index in [0.717, 1.165) is 37.5 Å². The molecule has 27 heavy (non-hydrogen) atoms. The van der Waals surface area contributed by atoms with Crippen molar-refractivity contribution in [2.75, 3.05) is 0 Å². The van der Waals surface area contributed by atoms with Gasteiger partial charge < -0.3 is 4.74 Å². The normalized spacial score (nSPS) is 52.2. The molecule has 6 rings (SSSR count). The summed E-state index contributed by atoms with van der Waals surface area (Å²) in [4.78, 5) is 24.2. The second-order valence-corrected chi connectivity index (χ2v) is 11.2. The van der Waals surface area contributed by atoms with Gasteiger partial charge in [0.1, 0.15) is 5.60 Å². The molecule has 0 bridgehead atoms. The highest BCUT2D eigenvalue weighted by molar-refractivity contribution is 5.91. The summed E-state index contributed by atoms with van der Waals surface area (Å²) in [5.74, 6) is 3.89. The maximum Gasteiger partial charge on any atom is 0.306 e. The van der Waals surface area contributed by atoms with Gasteiger partial charge in [0.15, 0.2) is 5.78 Å². The Morgan fingerprint density at radius 3 is 2.52 bits per heavy atom. The fourth-order valence-electron chi connectivity index (χ4n) is 9.01. The third-order valence-electron chi connectivity index (χ3n) is 10.1. The number of carbonyl (C=O) groups excluding carboxylic acids is 2. The number of allylic oxidation sites excluding steroid dienone is 1. The average Bonchev–Trinajstić information content (AvgIpc) is 3.23. The van der Waals surface area contributed by atoms with Crippen LogP contribution in [0.25, 0.3) is 0 Å². The van der Waals surface area contributed by atoms with Gasteiger partial charge >= 0.3 is 5.97 Å². The summed E-state index contributed by atoms with van der Waals surface area (Å²) in [5.41, 5.74) is 1.88. The molecule has 0 aromatic rings. The zero-order valence-electron chi connectivity index (χ0n) is 16.8. The fraction of sp³-hybridized carbons (Fsp3) is 0.833. The predicted molar refractivity (Wildman–Crippen MR) is 102 cm³/mol. The van der Waals surface area contributed by atoms with Crippen molar-refractivity contribution in [2.45, 2.75) is 83.7 Å². The summed E-state index contributed by atoms with van der Waals surface area (Å²) in [6, 6.07) is 0. The Labute approximate surface area is 162 Å². The first-order chi connectivity index (χ1) is 12.9. The number of esters is 1. The molecular weight excluding hydrogens is 336 g/mol. The number of hydrogen-bond acceptors (Lipinski definition) is 3. The van der Waals surface area contributed by atoms with Gasteiger partial charge in [-0.05, 0) is 92.4 Å². The van der Waals surface area contributed by atoms with E-state index in [1.807, 2.05) is 0 Å². The summed E-state index contributed by atoms with van der Waals surface area (Å²) in [6.07, 6.45) is 12.9. The van der Waals surface area contributed by atoms with Crippen molar-refractivity contribution in [2.24, 2.45) is 40.4 Å². The minimum atomic E-state index is -0.186. The Kier molecular flexibility index (Phi) is 3.16. The topological polar surface area (TPSA) is 43.4 Å². The van der Waals surface area contributed by atoms with Crippen molar-refractivity contribution in [1.29, 1.82) is 0 Å². The minimum Gasteiger partial charge on any atom is -0.458 e. The standard InChI is InChI=1S/C24H32O3/c1-14-12-24(8-6-20(26)27-24)22(2)7-5-16-17-4-3-15(25)11-19(17)23(9-10-23)13-18(16)21(14)22/h11,14,16-18,21H,3-10,12-13H2,1-2H3/t14-,16?,17?,18?,21?,22-,24?/m0/s1. The van der Waals surface area contributed by atoms with Crippen molar-refractivity contribution in [3.63, 3.8) is 0 Å². The summed E-state index contributed by atoms with van der Waals surface area (Å²) in [6.45, 7) is 4.90. The zero-order valence-corrected chi connectivity index (χ0v) is 16.8. The number of ether oxygens (including phenoxy) is 1. The molecule has 3 heteroatoms. The summed E-state index contributed by atoms with van der Waals surface area (Å²) in [7, 11) is 0. The molecule has 1 heterocycles. The molecule has 0 aromatic heterocycles. The lowest BCUT2D eigenvalue weighted by Gasteiger charge is -2.58. The maximum absolute atomic E-state index is 12.2. The first kappa shape index (κ1) is 16.8. The molecule has 4 saturated carbocycles. The first-order valence-corrected chi connectivity index (χ1v) is 11.3. The lowest BCUT2D eigenvalue weighted by Crippen LogP contribution is -2.54. The molecule has 146 valence electrons. The SMILES string of the molecule is C[C@H]1CC2(CCC(=O)O2)[C@@]2(C)CCC3C4CCC(=O)C=C4C4(CC4)CC3C12. The molecule has 7 atom stereocenters. The van der Waals surface area contributed by atoms with Gasteiger partial charge in [-0.15, -0.1) is 0 Å². The molecular formula is C24H32O3. The highest BCUT2D eigenvalue weighted by atomic mass is 16.6. The number of carbonyl (C=O) groups is 2. The van der Waals surface area contributed by atoms with E-state index < -0.39 is 0 Å². The minimum absolute atomic E-state index is 0.0320. The molecule has 3 nitrogen and oxygen atoms in total. The van der Waals surface area contributed by atoms with Gasteiger partial charge in [-0.2, -0.15) is 0 Å². The van der Waals surface area contributed by atoms with E-state index in [1.54, 1.807) is 5.57 Å². The molecule has 5 unspecified atom stereocenters. The van der Waals surface area contributed by atoms with Crippen LogP contribution in [-0.4, -0.2) is 17.4 Å². The van der Waals surface area contributed by atoms with Crippen molar-refractivity contribution in [1.82, 2.24) is 0 Å². The predicted octanol–water partition coefficient (Wildman–Crippen LogP) is 4.84. The lowest BCUT2D eigenvalue weighted by molar-refractivity contribution is -0.167. The molecule has 5 fully saturated rings. The Balaban J connectivity index is 1.40. The van der Waals surface area contributed by atoms with E-state index in [4.69, 9.17) is 4.74 Å². The van der Waals surface area contributed by atoms with Crippen molar-refractivity contribution in [3.05, 3.63) is 11.6 Å². The Morgan fingerprint density at radius 1 is 1.00 bits per heavy atom. The highest BCUT2D eigenvalue weighted by Crippen LogP contribution is 2.74. The third kappa shape index (κ3) is 1.99. The summed E-state index contributed by atoms with van der Waals surface area (Å²) >= 11 is 0. The van der Waals surface area contributed by atoms with Crippen LogP contribution in [0.2, 0.25) is 0 Å². The van der Waals surface area contributed by atoms with Gasteiger partial charge in [-0.25, -0.2) is 0 Å². The smallest absolute Gasteiger partial charge is 0.306 e. The number of ketones is 1. The summed E-state index contributed by atoms with van der Waals surface area (Å²) in [5, 5.41) is 0. The van der Waals surface area contributed by atoms with Crippen molar-refractivity contribution >= 4 is 11.8 Å². The monoisotopic (exact) mass is 368 g/mol. The van der Waals surface area contributed by atoms with E-state index in [9.17, 15) is 9.59 Å². The van der Waals surface area contributed by atoms with Crippen molar-refractivity contribution in [3.8, 4) is 0 Å². The zero-order chi connectivity index (χ0) is 18.6. The van der Waals surface area contributed by atoms with Crippen LogP contribution in [0.4, 0.5) is 0 Å². The van der Waals surface area contributed by atoms with Crippen LogP contribution >= 0.6 is 0 Å². The number of fused-ring (bicyclic) bond motifs is 7. The lowest BCUT2D eigenvalue weighted by atomic mass is 9.47. The van der Waals surface area contributed by atoms with Crippen LogP contribution in [0.5, 0.6) is 0 Å². The average molecular weight is 369 g/mol. The van der Waals surface area contributed by atoms with Gasteiger partial charge in [0.05, 0.1) is 0 Å². The molecule has 0 amide bonds. The van der Waals surface area contributed by atoms with Crippen LogP contribution in [0, 0.1) is 40.4 Å². The van der Waals surface area contributed by atoms with Gasteiger partial charge in [-0.3, -0.25) is 9.59 Å². The van der Waals surface area contributed by atoms with Gasteiger partial charge in [0.2, 0.25) is 0 Å². The molecule has 5 aliphatic carbocycles. The van der Waals surface area contributed by atoms with Gasteiger partial charge in [0.25, 0.3) is 0 Å². The highest BCUT2D eigenvalue weighted by Gasteiger charge is 2.70. The second kappa shape index (κ2) is 5.07. The van der Waals surface area contributed by atoms with E-state index in [0.29, 0.717) is 35.4 Å². The molecule has 2 spiro atoms. The van der Waals surface area contributed by atoms with Gasteiger partial charge in [0, 0.05) is 18.3 Å². The van der Waals surface area contributed by atoms with E-state index in [1.165, 1.54) is 32.1 Å². The second-order valence-electron chi connectivity index (χ2n) is 11.2. The van der Waals surface area contributed by atoms with Crippen molar-refractivity contribution < 1.29 is 14.3 Å². The molecule has 0 aromatic carbocycles. The van der Waals surface area contributed by atoms with Crippen LogP contribution in [0.3, 0.4) is 0 Å². The third-order valence-corrected chi connectivity index (χ3v) is 10.1. The Morgan fingerprint density at radius 2 is 1.81 bits per heavy atom. The Hall–Kier alpha value is -1.12. The molecule has 1 aliphatic heterocycles. The molecule has 1 saturated heterocycles. The van der Waals surface area contributed by atoms with Crippen LogP contribution in [0.15, 0.2) is 11.6 Å². The quantitative estimate of drug-likeness (QED) is 0.575. The molecule has 0 N–H and O–H groups in total. The van der Waals surface area contributed by atoms with E-state index in [2.05, 4.69) is 19.9 Å². The number of rotatable bonds is 0. The molecule has 0 radical (unpaired) electrons. The molecule has 6 aliphatic rings. The summed E-state index contributed by atoms with van der Waals surface area (Å²) < 4.78 is 6.13. The maximum atomic E-state index is 12.2. The first-order valence-electron chi connectivity index (χ1n) is 11.3. The van der Waals surface area contributed by atoms with Crippen LogP contribution in [0.1, 0.15) is 78.1 Å². The fourth-order valence-corrected chi connectivity index (χ4v) is 9.01. The number of hydrogen-bond donors (Lipinski definition) is 0.